The molecule has 1 fully saturated rings. The molecule has 1 aromatic carbocycles. The van der Waals surface area contributed by atoms with Crippen molar-refractivity contribution < 1.29 is 18.3 Å². The molecule has 0 radical (unpaired) electrons. The summed E-state index contributed by atoms with van der Waals surface area (Å²) in [5.74, 6) is 0. The fourth-order valence-electron chi connectivity index (χ4n) is 2.12. The van der Waals surface area contributed by atoms with Crippen LogP contribution in [0.25, 0.3) is 0 Å². The molecule has 3 unspecified atom stereocenters. The van der Waals surface area contributed by atoms with E-state index in [0.29, 0.717) is 11.3 Å². The third kappa shape index (κ3) is 3.37. The maximum Gasteiger partial charge on any atom is 0.184 e. The molecule has 1 aliphatic rings. The number of aliphatic hydroxyl groups excluding tert-OH is 1. The molecule has 1 aromatic rings. The van der Waals surface area contributed by atoms with Gasteiger partial charge in [0, 0.05) is 4.47 Å². The SMILES string of the molecule is O=S(=O)(c1ccc(Br)cc1)C1COC(CO)C[C@H]1P. The van der Waals surface area contributed by atoms with Crippen LogP contribution in [0, 0.1) is 0 Å². The maximum atomic E-state index is 12.5. The lowest BCUT2D eigenvalue weighted by Gasteiger charge is -2.33. The third-order valence-corrected chi connectivity index (χ3v) is 7.01. The summed E-state index contributed by atoms with van der Waals surface area (Å²) in [6, 6.07) is 6.61. The summed E-state index contributed by atoms with van der Waals surface area (Å²) in [6.07, 6.45) is 0.264. The van der Waals surface area contributed by atoms with Gasteiger partial charge in [-0.1, -0.05) is 15.9 Å². The highest BCUT2D eigenvalue weighted by molar-refractivity contribution is 9.10. The molecule has 19 heavy (non-hydrogen) atoms. The smallest absolute Gasteiger partial charge is 0.184 e. The van der Waals surface area contributed by atoms with E-state index in [1.165, 1.54) is 0 Å². The van der Waals surface area contributed by atoms with Gasteiger partial charge in [0.25, 0.3) is 0 Å². The van der Waals surface area contributed by atoms with Crippen molar-refractivity contribution in [3.8, 4) is 0 Å². The summed E-state index contributed by atoms with van der Waals surface area (Å²) in [7, 11) is -0.842. The first-order valence-electron chi connectivity index (χ1n) is 5.92. The Bertz CT molecular complexity index is 531. The van der Waals surface area contributed by atoms with Gasteiger partial charge in [-0.05, 0) is 36.3 Å². The van der Waals surface area contributed by atoms with Crippen molar-refractivity contribution >= 4 is 35.0 Å². The molecule has 0 bridgehead atoms. The zero-order chi connectivity index (χ0) is 14.0. The van der Waals surface area contributed by atoms with Crippen molar-refractivity contribution in [3.63, 3.8) is 0 Å². The van der Waals surface area contributed by atoms with Gasteiger partial charge in [0.15, 0.2) is 9.84 Å². The van der Waals surface area contributed by atoms with Crippen molar-refractivity contribution in [1.82, 2.24) is 0 Å². The maximum absolute atomic E-state index is 12.5. The number of ether oxygens (including phenoxy) is 1. The monoisotopic (exact) mass is 366 g/mol. The highest BCUT2D eigenvalue weighted by Crippen LogP contribution is 2.30. The van der Waals surface area contributed by atoms with E-state index in [4.69, 9.17) is 9.84 Å². The Morgan fingerprint density at radius 3 is 2.53 bits per heavy atom. The first-order valence-corrected chi connectivity index (χ1v) is 8.93. The molecule has 0 spiro atoms. The van der Waals surface area contributed by atoms with Gasteiger partial charge in [0.2, 0.25) is 0 Å². The minimum Gasteiger partial charge on any atom is -0.394 e. The quantitative estimate of drug-likeness (QED) is 0.825. The van der Waals surface area contributed by atoms with E-state index in [9.17, 15) is 8.42 Å². The van der Waals surface area contributed by atoms with Crippen LogP contribution < -0.4 is 0 Å². The first kappa shape index (κ1) is 15.4. The molecule has 106 valence electrons. The Balaban J connectivity index is 2.23. The molecule has 4 nitrogen and oxygen atoms in total. The molecule has 0 aliphatic carbocycles. The number of benzene rings is 1. The van der Waals surface area contributed by atoms with E-state index in [0.717, 1.165) is 4.47 Å². The van der Waals surface area contributed by atoms with Gasteiger partial charge >= 0.3 is 0 Å². The van der Waals surface area contributed by atoms with Gasteiger partial charge in [-0.2, -0.15) is 0 Å². The molecule has 1 heterocycles. The zero-order valence-electron chi connectivity index (χ0n) is 10.2. The van der Waals surface area contributed by atoms with Crippen LogP contribution in [0.2, 0.25) is 0 Å². The largest absolute Gasteiger partial charge is 0.394 e. The Morgan fingerprint density at radius 1 is 1.37 bits per heavy atom. The van der Waals surface area contributed by atoms with Crippen LogP contribution in [0.15, 0.2) is 33.6 Å². The highest BCUT2D eigenvalue weighted by atomic mass is 79.9. The lowest BCUT2D eigenvalue weighted by molar-refractivity contribution is -0.0132. The summed E-state index contributed by atoms with van der Waals surface area (Å²) in [6.45, 7) is 0.0493. The van der Waals surface area contributed by atoms with Gasteiger partial charge in [-0.15, -0.1) is 9.24 Å². The zero-order valence-corrected chi connectivity index (χ0v) is 13.8. The van der Waals surface area contributed by atoms with E-state index in [2.05, 4.69) is 25.2 Å². The normalized spacial score (nSPS) is 28.3. The van der Waals surface area contributed by atoms with Gasteiger partial charge in [0.05, 0.1) is 29.5 Å². The number of sulfone groups is 1. The van der Waals surface area contributed by atoms with Gasteiger partial charge in [-0.3, -0.25) is 0 Å². The highest BCUT2D eigenvalue weighted by Gasteiger charge is 2.37. The molecule has 4 atom stereocenters. The van der Waals surface area contributed by atoms with Crippen LogP contribution in [-0.2, 0) is 14.6 Å². The Morgan fingerprint density at radius 2 is 2.00 bits per heavy atom. The topological polar surface area (TPSA) is 63.6 Å². The minimum atomic E-state index is -3.41. The van der Waals surface area contributed by atoms with E-state index in [1.807, 2.05) is 0 Å². The van der Waals surface area contributed by atoms with Gasteiger partial charge in [-0.25, -0.2) is 8.42 Å². The molecule has 1 saturated heterocycles. The van der Waals surface area contributed by atoms with Crippen LogP contribution in [0.5, 0.6) is 0 Å². The molecule has 7 heteroatoms. The third-order valence-electron chi connectivity index (χ3n) is 3.25. The van der Waals surface area contributed by atoms with E-state index in [-0.39, 0.29) is 25.0 Å². The Hall–Kier alpha value is -0.0000000000000000555. The molecule has 0 aromatic heterocycles. The summed E-state index contributed by atoms with van der Waals surface area (Å²) in [5.41, 5.74) is -0.112. The number of rotatable bonds is 3. The number of halogens is 1. The number of aliphatic hydroxyl groups is 1. The Kier molecular flexibility index (Phi) is 5.01. The lowest BCUT2D eigenvalue weighted by atomic mass is 10.1. The molecule has 0 amide bonds. The Labute approximate surface area is 123 Å². The second-order valence-corrected chi connectivity index (χ2v) is 8.51. The average Bonchev–Trinajstić information content (AvgIpc) is 2.38. The summed E-state index contributed by atoms with van der Waals surface area (Å²) < 4.78 is 31.3. The molecular formula is C12H16BrO4PS. The van der Waals surface area contributed by atoms with Gasteiger partial charge in [0.1, 0.15) is 0 Å². The second-order valence-electron chi connectivity index (χ2n) is 4.57. The summed E-state index contributed by atoms with van der Waals surface area (Å²) >= 11 is 3.29. The number of hydrogen-bond donors (Lipinski definition) is 1. The minimum absolute atomic E-state index is 0.0735. The standard InChI is InChI=1S/C12H16BrO4PS/c13-8-1-3-10(4-2-8)19(15,16)12-7-17-9(6-14)5-11(12)18/h1-4,9,11-12,14H,5-7,18H2/t9?,11-,12?/m1/s1. The van der Waals surface area contributed by atoms with E-state index >= 15 is 0 Å². The predicted octanol–water partition coefficient (Wildman–Crippen LogP) is 1.62. The summed E-state index contributed by atoms with van der Waals surface area (Å²) in [4.78, 5) is 0.305. The van der Waals surface area contributed by atoms with Gasteiger partial charge < -0.3 is 9.84 Å². The van der Waals surface area contributed by atoms with Crippen LogP contribution in [-0.4, -0.2) is 43.8 Å². The lowest BCUT2D eigenvalue weighted by Crippen LogP contribution is -2.44. The molecule has 1 aliphatic heterocycles. The molecular weight excluding hydrogens is 351 g/mol. The average molecular weight is 367 g/mol. The van der Waals surface area contributed by atoms with Crippen LogP contribution in [0.1, 0.15) is 6.42 Å². The van der Waals surface area contributed by atoms with Crippen molar-refractivity contribution in [3.05, 3.63) is 28.7 Å². The molecule has 0 saturated carbocycles. The van der Waals surface area contributed by atoms with Crippen molar-refractivity contribution in [2.75, 3.05) is 13.2 Å². The second kappa shape index (κ2) is 6.19. The van der Waals surface area contributed by atoms with Crippen molar-refractivity contribution in [2.24, 2.45) is 0 Å². The van der Waals surface area contributed by atoms with Crippen molar-refractivity contribution in [1.29, 1.82) is 0 Å². The fraction of sp³-hybridized carbons (Fsp3) is 0.500. The van der Waals surface area contributed by atoms with Crippen molar-refractivity contribution in [2.45, 2.75) is 28.3 Å². The van der Waals surface area contributed by atoms with E-state index < -0.39 is 15.1 Å². The summed E-state index contributed by atoms with van der Waals surface area (Å²) in [5, 5.41) is 8.47. The van der Waals surface area contributed by atoms with E-state index in [1.54, 1.807) is 24.3 Å². The fourth-order valence-corrected chi connectivity index (χ4v) is 5.12. The van der Waals surface area contributed by atoms with Crippen LogP contribution in [0.3, 0.4) is 0 Å². The van der Waals surface area contributed by atoms with Crippen LogP contribution >= 0.6 is 25.2 Å². The number of hydrogen-bond acceptors (Lipinski definition) is 4. The first-order chi connectivity index (χ1) is 8.95. The molecule has 1 N–H and O–H groups in total. The predicted molar refractivity (Wildman–Crippen MR) is 80.1 cm³/mol. The van der Waals surface area contributed by atoms with Crippen LogP contribution in [0.4, 0.5) is 0 Å². The molecule has 2 rings (SSSR count).